The number of aromatic nitrogens is 1. The monoisotopic (exact) mass is 381 g/mol. The summed E-state index contributed by atoms with van der Waals surface area (Å²) in [6.45, 7) is 0. The summed E-state index contributed by atoms with van der Waals surface area (Å²) in [5, 5.41) is 0.149. The molecule has 1 aromatic heterocycles. The number of fused-ring (bicyclic) bond motifs is 5. The van der Waals surface area contributed by atoms with E-state index in [0.29, 0.717) is 5.75 Å². The number of alkyl halides is 3. The molecule has 134 valence electrons. The molecule has 0 saturated carbocycles. The second-order valence-corrected chi connectivity index (χ2v) is 7.47. The highest BCUT2D eigenvalue weighted by Gasteiger charge is 2.50. The Hall–Kier alpha value is -2.81. The van der Waals surface area contributed by atoms with Gasteiger partial charge in [-0.05, 0) is 24.3 Å². The molecule has 0 bridgehead atoms. The van der Waals surface area contributed by atoms with Gasteiger partial charge in [0.15, 0.2) is 5.78 Å². The summed E-state index contributed by atoms with van der Waals surface area (Å²) in [4.78, 5) is 12.8. The standard InChI is InChI=1S/C17H10F3NO4S/c1-25-9-6-7-10-12(8-9)15-14(16(10)22)11-4-2-3-5-13(11)21(15)26(23,24)17(18,19)20/h2-8H,1H3. The SMILES string of the molecule is COc1ccc2c(c1)-c1c(c3ccccc3n1S(=O)(=O)C(F)(F)F)C2=O. The van der Waals surface area contributed by atoms with Crippen LogP contribution in [0.25, 0.3) is 22.2 Å². The van der Waals surface area contributed by atoms with Crippen LogP contribution >= 0.6 is 0 Å². The number of nitrogens with zero attached hydrogens (tertiary/aromatic N) is 1. The van der Waals surface area contributed by atoms with Crippen molar-refractivity contribution in [3.8, 4) is 17.0 Å². The predicted octanol–water partition coefficient (Wildman–Crippen LogP) is 3.56. The van der Waals surface area contributed by atoms with Gasteiger partial charge in [0.1, 0.15) is 5.75 Å². The third-order valence-electron chi connectivity index (χ3n) is 4.32. The number of benzene rings is 2. The first-order valence-electron chi connectivity index (χ1n) is 7.37. The molecule has 9 heteroatoms. The van der Waals surface area contributed by atoms with Gasteiger partial charge in [0.25, 0.3) is 0 Å². The van der Waals surface area contributed by atoms with Crippen LogP contribution < -0.4 is 4.74 Å². The lowest BCUT2D eigenvalue weighted by molar-refractivity contribution is -0.0444. The minimum absolute atomic E-state index is 0.0586. The normalized spacial score (nSPS) is 13.8. The zero-order chi connectivity index (χ0) is 18.9. The fourth-order valence-corrected chi connectivity index (χ4v) is 4.27. The quantitative estimate of drug-likeness (QED) is 0.533. The molecular formula is C17H10F3NO4S. The van der Waals surface area contributed by atoms with Crippen molar-refractivity contribution in [1.29, 1.82) is 0 Å². The number of hydrogen-bond acceptors (Lipinski definition) is 4. The minimum atomic E-state index is -5.75. The molecule has 0 N–H and O–H groups in total. The predicted molar refractivity (Wildman–Crippen MR) is 87.7 cm³/mol. The van der Waals surface area contributed by atoms with Gasteiger partial charge in [-0.25, -0.2) is 3.97 Å². The van der Waals surface area contributed by atoms with Crippen LogP contribution in [0.3, 0.4) is 0 Å². The highest BCUT2D eigenvalue weighted by atomic mass is 32.2. The number of para-hydroxylation sites is 1. The average Bonchev–Trinajstić information content (AvgIpc) is 3.07. The highest BCUT2D eigenvalue weighted by molar-refractivity contribution is 7.91. The van der Waals surface area contributed by atoms with E-state index >= 15 is 0 Å². The van der Waals surface area contributed by atoms with Gasteiger partial charge in [-0.15, -0.1) is 0 Å². The van der Waals surface area contributed by atoms with E-state index in [9.17, 15) is 26.4 Å². The van der Waals surface area contributed by atoms with E-state index in [1.165, 1.54) is 49.6 Å². The maximum absolute atomic E-state index is 13.3. The molecule has 0 radical (unpaired) electrons. The number of carbonyl (C=O) groups is 1. The van der Waals surface area contributed by atoms with Crippen LogP contribution in [0.4, 0.5) is 13.2 Å². The summed E-state index contributed by atoms with van der Waals surface area (Å²) in [6, 6.07) is 9.88. The van der Waals surface area contributed by atoms with Crippen LogP contribution in [-0.2, 0) is 10.0 Å². The Morgan fingerprint density at radius 3 is 2.38 bits per heavy atom. The van der Waals surface area contributed by atoms with E-state index in [1.54, 1.807) is 0 Å². The molecule has 1 aliphatic rings. The Morgan fingerprint density at radius 1 is 1.04 bits per heavy atom. The molecule has 3 aromatic rings. The number of methoxy groups -OCH3 is 1. The topological polar surface area (TPSA) is 65.4 Å². The summed E-state index contributed by atoms with van der Waals surface area (Å²) >= 11 is 0. The average molecular weight is 381 g/mol. The van der Waals surface area contributed by atoms with Gasteiger partial charge in [0, 0.05) is 16.5 Å². The fourth-order valence-electron chi connectivity index (χ4n) is 3.22. The summed E-state index contributed by atoms with van der Waals surface area (Å²) in [5.41, 5.74) is -5.84. The number of rotatable bonds is 2. The van der Waals surface area contributed by atoms with E-state index < -0.39 is 21.3 Å². The van der Waals surface area contributed by atoms with E-state index in [0.717, 1.165) is 0 Å². The molecule has 0 saturated heterocycles. The van der Waals surface area contributed by atoms with Crippen molar-refractivity contribution in [3.05, 3.63) is 53.6 Å². The molecule has 5 nitrogen and oxygen atoms in total. The number of halogens is 3. The fraction of sp³-hybridized carbons (Fsp3) is 0.118. The Bertz CT molecular complexity index is 1190. The van der Waals surface area contributed by atoms with Crippen LogP contribution in [0.2, 0.25) is 0 Å². The Morgan fingerprint density at radius 2 is 1.73 bits per heavy atom. The van der Waals surface area contributed by atoms with Crippen LogP contribution in [-0.4, -0.2) is 30.8 Å². The van der Waals surface area contributed by atoms with E-state index in [4.69, 9.17) is 4.74 Å². The smallest absolute Gasteiger partial charge is 0.497 e. The van der Waals surface area contributed by atoms with Gasteiger partial charge >= 0.3 is 15.5 Å². The maximum atomic E-state index is 13.3. The first-order chi connectivity index (χ1) is 12.2. The summed E-state index contributed by atoms with van der Waals surface area (Å²) in [7, 11) is -4.38. The third kappa shape index (κ3) is 1.97. The lowest BCUT2D eigenvalue weighted by Gasteiger charge is -2.14. The lowest BCUT2D eigenvalue weighted by Crippen LogP contribution is -2.30. The van der Waals surface area contributed by atoms with Crippen molar-refractivity contribution in [1.82, 2.24) is 3.97 Å². The van der Waals surface area contributed by atoms with Crippen molar-refractivity contribution in [3.63, 3.8) is 0 Å². The third-order valence-corrected chi connectivity index (χ3v) is 5.76. The van der Waals surface area contributed by atoms with Crippen molar-refractivity contribution < 1.29 is 31.1 Å². The van der Waals surface area contributed by atoms with Gasteiger partial charge in [0.2, 0.25) is 0 Å². The molecular weight excluding hydrogens is 371 g/mol. The van der Waals surface area contributed by atoms with E-state index in [-0.39, 0.29) is 37.3 Å². The molecule has 0 atom stereocenters. The Balaban J connectivity index is 2.21. The number of ketones is 1. The first kappa shape index (κ1) is 16.6. The number of hydrogen-bond donors (Lipinski definition) is 0. The molecule has 0 amide bonds. The summed E-state index contributed by atoms with van der Waals surface area (Å²) < 4.78 is 69.7. The van der Waals surface area contributed by atoms with Gasteiger partial charge < -0.3 is 4.74 Å². The van der Waals surface area contributed by atoms with E-state index in [1.807, 2.05) is 0 Å². The molecule has 1 aliphatic carbocycles. The number of carbonyl (C=O) groups excluding carboxylic acids is 1. The largest absolute Gasteiger partial charge is 0.517 e. The lowest BCUT2D eigenvalue weighted by atomic mass is 10.1. The van der Waals surface area contributed by atoms with Gasteiger partial charge in [0.05, 0.1) is 23.9 Å². The molecule has 0 spiro atoms. The van der Waals surface area contributed by atoms with Crippen molar-refractivity contribution >= 4 is 26.7 Å². The van der Waals surface area contributed by atoms with Crippen LogP contribution in [0.15, 0.2) is 42.5 Å². The van der Waals surface area contributed by atoms with Crippen molar-refractivity contribution in [2.24, 2.45) is 0 Å². The molecule has 0 unspecified atom stereocenters. The molecule has 26 heavy (non-hydrogen) atoms. The zero-order valence-electron chi connectivity index (χ0n) is 13.2. The molecule has 4 rings (SSSR count). The van der Waals surface area contributed by atoms with Crippen LogP contribution in [0.1, 0.15) is 15.9 Å². The minimum Gasteiger partial charge on any atom is -0.497 e. The zero-order valence-corrected chi connectivity index (χ0v) is 14.0. The number of ether oxygens (including phenoxy) is 1. The van der Waals surface area contributed by atoms with Crippen LogP contribution in [0, 0.1) is 0 Å². The van der Waals surface area contributed by atoms with Gasteiger partial charge in [-0.2, -0.15) is 21.6 Å². The first-order valence-corrected chi connectivity index (χ1v) is 8.81. The maximum Gasteiger partial charge on any atom is 0.517 e. The Labute approximate surface area is 145 Å². The van der Waals surface area contributed by atoms with Crippen LogP contribution in [0.5, 0.6) is 5.75 Å². The second kappa shape index (κ2) is 5.10. The molecule has 1 heterocycles. The van der Waals surface area contributed by atoms with Gasteiger partial charge in [-0.1, -0.05) is 18.2 Å². The van der Waals surface area contributed by atoms with E-state index in [2.05, 4.69) is 0 Å². The molecule has 0 fully saturated rings. The van der Waals surface area contributed by atoms with Crippen molar-refractivity contribution in [2.45, 2.75) is 5.51 Å². The highest BCUT2D eigenvalue weighted by Crippen LogP contribution is 2.46. The molecule has 2 aromatic carbocycles. The summed E-state index contributed by atoms with van der Waals surface area (Å²) in [5.74, 6) is -0.226. The van der Waals surface area contributed by atoms with Crippen molar-refractivity contribution in [2.75, 3.05) is 7.11 Å². The second-order valence-electron chi connectivity index (χ2n) is 5.70. The molecule has 0 aliphatic heterocycles. The van der Waals surface area contributed by atoms with Gasteiger partial charge in [-0.3, -0.25) is 4.79 Å². The Kier molecular flexibility index (Phi) is 3.27. The summed E-state index contributed by atoms with van der Waals surface area (Å²) in [6.07, 6.45) is 0.